The molecule has 7 rings (SSSR count). The van der Waals surface area contributed by atoms with Crippen molar-refractivity contribution in [2.45, 2.75) is 55.8 Å². The summed E-state index contributed by atoms with van der Waals surface area (Å²) in [6.45, 7) is 3.33. The molecule has 0 radical (unpaired) electrons. The third kappa shape index (κ3) is 2.30. The van der Waals surface area contributed by atoms with Crippen LogP contribution in [0.4, 0.5) is 0 Å². The number of benzene rings is 2. The first-order chi connectivity index (χ1) is 17.6. The smallest absolute Gasteiger partial charge is 0.274 e. The fourth-order valence-electron chi connectivity index (χ4n) is 6.89. The molecule has 0 saturated carbocycles. The van der Waals surface area contributed by atoms with Crippen LogP contribution in [-0.2, 0) is 23.8 Å². The van der Waals surface area contributed by atoms with Gasteiger partial charge in [-0.15, -0.1) is 0 Å². The molecule has 3 saturated heterocycles. The Kier molecular flexibility index (Phi) is 4.27. The molecule has 2 aromatic carbocycles. The Morgan fingerprint density at radius 3 is 2.54 bits per heavy atom. The average molecular weight is 512 g/mol. The SMILES string of the molecule is COc1c2c(c(O)c3c4c(c(C)cc13)C1O[C@@]3(C(C=O)C=O)O[C@H]1[C@@](O)(O4)[C@@]31CO1)C(=O)[C@@H](C)C[C@H]2O. The quantitative estimate of drug-likeness (QED) is 0.306. The lowest BCUT2D eigenvalue weighted by molar-refractivity contribution is -0.284. The number of aryl methyl sites for hydroxylation is 1. The molecule has 0 aromatic heterocycles. The number of phenols is 1. The van der Waals surface area contributed by atoms with E-state index >= 15 is 0 Å². The Morgan fingerprint density at radius 2 is 1.92 bits per heavy atom. The number of epoxide rings is 1. The topological polar surface area (TPSA) is 161 Å². The first kappa shape index (κ1) is 23.1. The number of aliphatic hydroxyl groups excluding tert-OH is 1. The highest BCUT2D eigenvalue weighted by molar-refractivity contribution is 6.12. The van der Waals surface area contributed by atoms with Gasteiger partial charge >= 0.3 is 0 Å². The summed E-state index contributed by atoms with van der Waals surface area (Å²) in [6, 6.07) is 1.71. The van der Waals surface area contributed by atoms with Gasteiger partial charge in [-0.05, 0) is 25.0 Å². The molecule has 4 aliphatic heterocycles. The number of aromatic hydroxyl groups is 1. The molecule has 194 valence electrons. The van der Waals surface area contributed by atoms with E-state index in [9.17, 15) is 29.7 Å². The number of methoxy groups -OCH3 is 1. The maximum atomic E-state index is 13.2. The van der Waals surface area contributed by atoms with Crippen LogP contribution in [0.2, 0.25) is 0 Å². The van der Waals surface area contributed by atoms with Gasteiger partial charge in [-0.25, -0.2) is 0 Å². The molecular formula is C26H24O11. The van der Waals surface area contributed by atoms with Crippen LogP contribution in [0.5, 0.6) is 17.2 Å². The van der Waals surface area contributed by atoms with Crippen molar-refractivity contribution in [3.05, 3.63) is 28.3 Å². The summed E-state index contributed by atoms with van der Waals surface area (Å²) >= 11 is 0. The number of carbonyl (C=O) groups is 3. The van der Waals surface area contributed by atoms with Crippen molar-refractivity contribution in [2.75, 3.05) is 13.7 Å². The highest BCUT2D eigenvalue weighted by Crippen LogP contribution is 2.71. The van der Waals surface area contributed by atoms with Gasteiger partial charge < -0.3 is 48.6 Å². The molecular weight excluding hydrogens is 488 g/mol. The number of hydrogen-bond donors (Lipinski definition) is 3. The number of hydrogen-bond acceptors (Lipinski definition) is 11. The van der Waals surface area contributed by atoms with E-state index in [0.29, 0.717) is 29.1 Å². The number of phenolic OH excluding ortho intramolecular Hbond substituents is 1. The molecule has 4 heterocycles. The lowest BCUT2D eigenvalue weighted by atomic mass is 9.75. The molecule has 1 spiro atoms. The molecule has 3 fully saturated rings. The maximum Gasteiger partial charge on any atom is 0.274 e. The normalized spacial score (nSPS) is 38.5. The van der Waals surface area contributed by atoms with Crippen molar-refractivity contribution in [1.82, 2.24) is 0 Å². The van der Waals surface area contributed by atoms with Crippen LogP contribution in [0, 0.1) is 18.8 Å². The zero-order chi connectivity index (χ0) is 26.2. The van der Waals surface area contributed by atoms with Crippen LogP contribution in [0.3, 0.4) is 0 Å². The maximum absolute atomic E-state index is 13.2. The van der Waals surface area contributed by atoms with Crippen molar-refractivity contribution >= 4 is 29.1 Å². The highest BCUT2D eigenvalue weighted by atomic mass is 16.8. The predicted molar refractivity (Wildman–Crippen MR) is 121 cm³/mol. The molecule has 7 atom stereocenters. The number of ketones is 1. The van der Waals surface area contributed by atoms with Crippen molar-refractivity contribution in [1.29, 1.82) is 0 Å². The summed E-state index contributed by atoms with van der Waals surface area (Å²) in [4.78, 5) is 36.8. The van der Waals surface area contributed by atoms with Crippen LogP contribution in [0.25, 0.3) is 10.8 Å². The van der Waals surface area contributed by atoms with Gasteiger partial charge in [-0.2, -0.15) is 0 Å². The van der Waals surface area contributed by atoms with E-state index in [1.165, 1.54) is 7.11 Å². The molecule has 2 bridgehead atoms. The molecule has 37 heavy (non-hydrogen) atoms. The van der Waals surface area contributed by atoms with Gasteiger partial charge in [0.1, 0.15) is 41.8 Å². The molecule has 11 nitrogen and oxygen atoms in total. The Hall–Kier alpha value is -3.09. The number of carbonyl (C=O) groups excluding carboxylic acids is 3. The van der Waals surface area contributed by atoms with Gasteiger partial charge in [0, 0.05) is 22.4 Å². The zero-order valence-corrected chi connectivity index (χ0v) is 20.1. The monoisotopic (exact) mass is 512 g/mol. The number of Topliss-reactive ketones (excluding diaryl/α,β-unsaturated/α-hetero) is 1. The molecule has 3 N–H and O–H groups in total. The van der Waals surface area contributed by atoms with Crippen molar-refractivity contribution in [2.24, 2.45) is 11.8 Å². The van der Waals surface area contributed by atoms with Gasteiger partial charge in [-0.1, -0.05) is 6.92 Å². The lowest BCUT2D eigenvalue weighted by Crippen LogP contribution is -2.68. The fraction of sp³-hybridized carbons (Fsp3) is 0.500. The second-order valence-electron chi connectivity index (χ2n) is 10.5. The summed E-state index contributed by atoms with van der Waals surface area (Å²) < 4.78 is 29.8. The first-order valence-corrected chi connectivity index (χ1v) is 12.0. The molecule has 2 aromatic rings. The van der Waals surface area contributed by atoms with E-state index in [1.54, 1.807) is 19.9 Å². The predicted octanol–water partition coefficient (Wildman–Crippen LogP) is 1.15. The summed E-state index contributed by atoms with van der Waals surface area (Å²) in [5.74, 6) is -6.49. The largest absolute Gasteiger partial charge is 0.506 e. The van der Waals surface area contributed by atoms with Crippen LogP contribution in [0.15, 0.2) is 6.07 Å². The molecule has 1 aliphatic carbocycles. The summed E-state index contributed by atoms with van der Waals surface area (Å²) in [5, 5.41) is 34.7. The van der Waals surface area contributed by atoms with Crippen molar-refractivity contribution < 1.29 is 53.4 Å². The highest BCUT2D eigenvalue weighted by Gasteiger charge is 2.92. The third-order valence-electron chi connectivity index (χ3n) is 8.68. The standard InChI is InChI=1S/C26H24O11/c1-9-4-12-15(19(31)17-16(20(12)33-3)13(29)5-10(2)18(17)30)21-14(9)22-23-25(32,35-21)24(8-34-24)26(36-22,37-23)11(6-27)7-28/h4,6-7,10-11,13,22-23,29,31-32H,5,8H2,1-3H3/t10-,13+,22?,23+,24-,25+,26-/m0/s1. The zero-order valence-electron chi connectivity index (χ0n) is 20.1. The van der Waals surface area contributed by atoms with E-state index in [1.807, 2.05) is 0 Å². The Labute approximate surface area is 209 Å². The van der Waals surface area contributed by atoms with Gasteiger partial charge in [0.15, 0.2) is 11.9 Å². The number of fused-ring (bicyclic) bond motifs is 8. The van der Waals surface area contributed by atoms with E-state index in [0.717, 1.165) is 0 Å². The first-order valence-electron chi connectivity index (χ1n) is 12.0. The molecule has 11 heteroatoms. The molecule has 1 unspecified atom stereocenters. The number of aliphatic hydroxyl groups is 2. The van der Waals surface area contributed by atoms with Gasteiger partial charge in [0.05, 0.1) is 30.8 Å². The van der Waals surface area contributed by atoms with Crippen molar-refractivity contribution in [3.8, 4) is 17.2 Å². The van der Waals surface area contributed by atoms with Gasteiger partial charge in [-0.3, -0.25) is 4.79 Å². The van der Waals surface area contributed by atoms with Gasteiger partial charge in [0.2, 0.25) is 11.4 Å². The molecule has 5 aliphatic rings. The minimum absolute atomic E-state index is 0.0422. The van der Waals surface area contributed by atoms with Gasteiger partial charge in [0.25, 0.3) is 5.79 Å². The van der Waals surface area contributed by atoms with E-state index in [2.05, 4.69) is 0 Å². The number of aldehydes is 2. The summed E-state index contributed by atoms with van der Waals surface area (Å²) in [5.41, 5.74) is -0.486. The Bertz CT molecular complexity index is 1440. The molecule has 0 amide bonds. The minimum atomic E-state index is -2.17. The minimum Gasteiger partial charge on any atom is -0.506 e. The second kappa shape index (κ2) is 6.86. The number of ether oxygens (including phenoxy) is 5. The van der Waals surface area contributed by atoms with E-state index < -0.39 is 53.1 Å². The fourth-order valence-corrected chi connectivity index (χ4v) is 6.89. The van der Waals surface area contributed by atoms with Crippen LogP contribution >= 0.6 is 0 Å². The van der Waals surface area contributed by atoms with E-state index in [-0.39, 0.29) is 46.8 Å². The van der Waals surface area contributed by atoms with Crippen LogP contribution < -0.4 is 9.47 Å². The number of rotatable bonds is 4. The second-order valence-corrected chi connectivity index (χ2v) is 10.5. The third-order valence-corrected chi connectivity index (χ3v) is 8.68. The summed E-state index contributed by atoms with van der Waals surface area (Å²) in [6.07, 6.45) is -2.19. The lowest BCUT2D eigenvalue weighted by Gasteiger charge is -2.47. The van der Waals surface area contributed by atoms with E-state index in [4.69, 9.17) is 23.7 Å². The van der Waals surface area contributed by atoms with Crippen molar-refractivity contribution in [3.63, 3.8) is 0 Å². The Morgan fingerprint density at radius 1 is 1.22 bits per heavy atom. The summed E-state index contributed by atoms with van der Waals surface area (Å²) in [7, 11) is 1.40. The van der Waals surface area contributed by atoms with Crippen LogP contribution in [-0.4, -0.2) is 70.7 Å². The average Bonchev–Trinajstić information content (AvgIpc) is 3.54. The Balaban J connectivity index is 1.54. The van der Waals surface area contributed by atoms with Crippen LogP contribution in [0.1, 0.15) is 52.6 Å².